The van der Waals surface area contributed by atoms with Gasteiger partial charge < -0.3 is 9.72 Å². The first-order chi connectivity index (χ1) is 7.34. The van der Waals surface area contributed by atoms with Crippen molar-refractivity contribution in [2.45, 2.75) is 39.0 Å². The highest BCUT2D eigenvalue weighted by Crippen LogP contribution is 2.03. The largest absolute Gasteiger partial charge is 0.461 e. The summed E-state index contributed by atoms with van der Waals surface area (Å²) in [5.41, 5.74) is 0.420. The number of aromatic amines is 1. The van der Waals surface area contributed by atoms with Crippen molar-refractivity contribution < 1.29 is 9.53 Å². The van der Waals surface area contributed by atoms with E-state index in [2.05, 4.69) is 16.9 Å². The van der Waals surface area contributed by atoms with E-state index in [9.17, 15) is 4.79 Å². The molecule has 0 amide bonds. The number of ether oxygens (including phenoxy) is 1. The van der Waals surface area contributed by atoms with E-state index in [0.717, 1.165) is 12.8 Å². The number of rotatable bonds is 7. The molecule has 1 N–H and O–H groups in total. The van der Waals surface area contributed by atoms with Gasteiger partial charge in [0.25, 0.3) is 0 Å². The summed E-state index contributed by atoms with van der Waals surface area (Å²) in [6, 6.07) is 0. The van der Waals surface area contributed by atoms with Gasteiger partial charge in [0.15, 0.2) is 0 Å². The van der Waals surface area contributed by atoms with Crippen molar-refractivity contribution in [3.05, 3.63) is 18.2 Å². The van der Waals surface area contributed by atoms with E-state index in [-0.39, 0.29) is 5.97 Å². The molecule has 1 rings (SSSR count). The Morgan fingerprint density at radius 2 is 2.20 bits per heavy atom. The predicted octanol–water partition coefficient (Wildman–Crippen LogP) is 2.54. The molecule has 1 heterocycles. The molecule has 0 atom stereocenters. The van der Waals surface area contributed by atoms with Crippen molar-refractivity contribution >= 4 is 5.97 Å². The fourth-order valence-electron chi connectivity index (χ4n) is 1.32. The Bertz CT molecular complexity index is 270. The van der Waals surface area contributed by atoms with Crippen LogP contribution in [-0.4, -0.2) is 22.5 Å². The predicted molar refractivity (Wildman–Crippen MR) is 57.6 cm³/mol. The van der Waals surface area contributed by atoms with Gasteiger partial charge in [-0.1, -0.05) is 32.6 Å². The average Bonchev–Trinajstić information content (AvgIpc) is 2.76. The summed E-state index contributed by atoms with van der Waals surface area (Å²) in [7, 11) is 0. The molecule has 0 bridgehead atoms. The molecule has 4 heteroatoms. The number of hydrogen-bond donors (Lipinski definition) is 1. The Labute approximate surface area is 90.1 Å². The Balaban J connectivity index is 2.03. The maximum atomic E-state index is 11.3. The molecule has 15 heavy (non-hydrogen) atoms. The summed E-state index contributed by atoms with van der Waals surface area (Å²) in [6.45, 7) is 2.68. The number of aromatic nitrogens is 2. The van der Waals surface area contributed by atoms with Crippen molar-refractivity contribution in [3.63, 3.8) is 0 Å². The van der Waals surface area contributed by atoms with Crippen LogP contribution in [0.3, 0.4) is 0 Å². The number of nitrogens with one attached hydrogen (secondary N) is 1. The molecule has 0 unspecified atom stereocenters. The maximum Gasteiger partial charge on any atom is 0.356 e. The minimum absolute atomic E-state index is 0.317. The van der Waals surface area contributed by atoms with Gasteiger partial charge in [0.2, 0.25) is 0 Å². The SMILES string of the molecule is CCCCCCCOC(=O)c1cnc[nH]1. The number of carbonyl (C=O) groups is 1. The third kappa shape index (κ3) is 4.63. The summed E-state index contributed by atoms with van der Waals surface area (Å²) < 4.78 is 5.06. The van der Waals surface area contributed by atoms with E-state index in [4.69, 9.17) is 4.74 Å². The summed E-state index contributed by atoms with van der Waals surface area (Å²) in [5, 5.41) is 0. The number of hydrogen-bond acceptors (Lipinski definition) is 3. The van der Waals surface area contributed by atoms with E-state index >= 15 is 0 Å². The Morgan fingerprint density at radius 3 is 2.87 bits per heavy atom. The normalized spacial score (nSPS) is 10.2. The fraction of sp³-hybridized carbons (Fsp3) is 0.636. The van der Waals surface area contributed by atoms with Gasteiger partial charge >= 0.3 is 5.97 Å². The van der Waals surface area contributed by atoms with Crippen LogP contribution in [0.4, 0.5) is 0 Å². The van der Waals surface area contributed by atoms with Crippen molar-refractivity contribution in [2.24, 2.45) is 0 Å². The Kier molecular flexibility index (Phi) is 5.51. The van der Waals surface area contributed by atoms with Crippen molar-refractivity contribution in [2.75, 3.05) is 6.61 Å². The van der Waals surface area contributed by atoms with E-state index in [1.54, 1.807) is 0 Å². The first-order valence-electron chi connectivity index (χ1n) is 5.50. The molecule has 0 radical (unpaired) electrons. The highest BCUT2D eigenvalue weighted by Gasteiger charge is 2.06. The van der Waals surface area contributed by atoms with Gasteiger partial charge in [-0.05, 0) is 6.42 Å². The lowest BCUT2D eigenvalue weighted by molar-refractivity contribution is 0.0491. The van der Waals surface area contributed by atoms with Gasteiger partial charge in [-0.25, -0.2) is 9.78 Å². The quantitative estimate of drug-likeness (QED) is 0.555. The molecule has 0 saturated carbocycles. The van der Waals surface area contributed by atoms with Gasteiger partial charge in [-0.2, -0.15) is 0 Å². The average molecular weight is 210 g/mol. The summed E-state index contributed by atoms with van der Waals surface area (Å²) in [6.07, 6.45) is 8.72. The molecule has 0 spiro atoms. The molecular formula is C11H18N2O2. The monoisotopic (exact) mass is 210 g/mol. The number of H-pyrrole nitrogens is 1. The van der Waals surface area contributed by atoms with Crippen molar-refractivity contribution in [1.29, 1.82) is 0 Å². The molecule has 1 aromatic rings. The molecule has 0 aliphatic heterocycles. The summed E-state index contributed by atoms with van der Waals surface area (Å²) >= 11 is 0. The summed E-state index contributed by atoms with van der Waals surface area (Å²) in [4.78, 5) is 17.8. The summed E-state index contributed by atoms with van der Waals surface area (Å²) in [5.74, 6) is -0.317. The molecule has 1 aromatic heterocycles. The van der Waals surface area contributed by atoms with Gasteiger partial charge in [-0.3, -0.25) is 0 Å². The van der Waals surface area contributed by atoms with Crippen LogP contribution in [0, 0.1) is 0 Å². The number of nitrogens with zero attached hydrogens (tertiary/aromatic N) is 1. The smallest absolute Gasteiger partial charge is 0.356 e. The van der Waals surface area contributed by atoms with E-state index in [1.807, 2.05) is 0 Å². The molecule has 0 aliphatic carbocycles. The zero-order valence-electron chi connectivity index (χ0n) is 9.16. The Morgan fingerprint density at radius 1 is 1.40 bits per heavy atom. The van der Waals surface area contributed by atoms with Crippen LogP contribution in [0.2, 0.25) is 0 Å². The molecule has 0 fully saturated rings. The highest BCUT2D eigenvalue weighted by molar-refractivity contribution is 5.86. The van der Waals surface area contributed by atoms with Crippen molar-refractivity contribution in [1.82, 2.24) is 9.97 Å². The fourth-order valence-corrected chi connectivity index (χ4v) is 1.32. The zero-order chi connectivity index (χ0) is 10.9. The third-order valence-corrected chi connectivity index (χ3v) is 2.20. The molecule has 0 aliphatic rings. The van der Waals surface area contributed by atoms with Crippen LogP contribution in [0.5, 0.6) is 0 Å². The minimum atomic E-state index is -0.317. The topological polar surface area (TPSA) is 55.0 Å². The van der Waals surface area contributed by atoms with E-state index in [0.29, 0.717) is 12.3 Å². The standard InChI is InChI=1S/C11H18N2O2/c1-2-3-4-5-6-7-15-11(14)10-8-12-9-13-10/h8-9H,2-7H2,1H3,(H,12,13). The maximum absolute atomic E-state index is 11.3. The molecule has 84 valence electrons. The highest BCUT2D eigenvalue weighted by atomic mass is 16.5. The number of carbonyl (C=O) groups excluding carboxylic acids is 1. The van der Waals surface area contributed by atoms with E-state index < -0.39 is 0 Å². The molecule has 0 saturated heterocycles. The van der Waals surface area contributed by atoms with Crippen LogP contribution in [-0.2, 0) is 4.74 Å². The van der Waals surface area contributed by atoms with Gasteiger partial charge in [0.05, 0.1) is 19.1 Å². The second-order valence-electron chi connectivity index (χ2n) is 3.52. The zero-order valence-corrected chi connectivity index (χ0v) is 9.16. The third-order valence-electron chi connectivity index (χ3n) is 2.20. The lowest BCUT2D eigenvalue weighted by atomic mass is 10.2. The van der Waals surface area contributed by atoms with Gasteiger partial charge in [-0.15, -0.1) is 0 Å². The molecule has 0 aromatic carbocycles. The second-order valence-corrected chi connectivity index (χ2v) is 3.52. The van der Waals surface area contributed by atoms with Crippen LogP contribution in [0.1, 0.15) is 49.5 Å². The first-order valence-corrected chi connectivity index (χ1v) is 5.50. The number of imidazole rings is 1. The second kappa shape index (κ2) is 7.04. The number of unbranched alkanes of at least 4 members (excludes halogenated alkanes) is 4. The van der Waals surface area contributed by atoms with Crippen LogP contribution < -0.4 is 0 Å². The molecular weight excluding hydrogens is 192 g/mol. The lowest BCUT2D eigenvalue weighted by Crippen LogP contribution is -2.06. The van der Waals surface area contributed by atoms with Gasteiger partial charge in [0.1, 0.15) is 5.69 Å². The van der Waals surface area contributed by atoms with Crippen LogP contribution in [0.25, 0.3) is 0 Å². The minimum Gasteiger partial charge on any atom is -0.461 e. The van der Waals surface area contributed by atoms with Gasteiger partial charge in [0, 0.05) is 0 Å². The Hall–Kier alpha value is -1.32. The van der Waals surface area contributed by atoms with Crippen molar-refractivity contribution in [3.8, 4) is 0 Å². The lowest BCUT2D eigenvalue weighted by Gasteiger charge is -2.02. The van der Waals surface area contributed by atoms with Crippen LogP contribution in [0.15, 0.2) is 12.5 Å². The number of esters is 1. The van der Waals surface area contributed by atoms with E-state index in [1.165, 1.54) is 31.8 Å². The molecule has 4 nitrogen and oxygen atoms in total. The first kappa shape index (κ1) is 11.8. The van der Waals surface area contributed by atoms with Crippen LogP contribution >= 0.6 is 0 Å².